The summed E-state index contributed by atoms with van der Waals surface area (Å²) in [5, 5.41) is 1.17. The molecule has 0 saturated heterocycles. The molecule has 0 saturated carbocycles. The van der Waals surface area contributed by atoms with E-state index in [9.17, 15) is 9.36 Å². The van der Waals surface area contributed by atoms with Crippen LogP contribution >= 0.6 is 7.60 Å². The molecule has 1 amide bonds. The van der Waals surface area contributed by atoms with Gasteiger partial charge in [-0.05, 0) is 32.1 Å². The summed E-state index contributed by atoms with van der Waals surface area (Å²) < 4.78 is 23.2. The monoisotopic (exact) mass is 325 g/mol. The molecular formula is C15H20NO5P. The average molecular weight is 325 g/mol. The summed E-state index contributed by atoms with van der Waals surface area (Å²) in [6.45, 7) is 4.20. The van der Waals surface area contributed by atoms with E-state index in [-0.39, 0.29) is 25.7 Å². The summed E-state index contributed by atoms with van der Waals surface area (Å²) in [5.74, 6) is -1.22. The van der Waals surface area contributed by atoms with Crippen molar-refractivity contribution in [1.29, 1.82) is 0 Å². The van der Waals surface area contributed by atoms with Gasteiger partial charge in [0.05, 0.1) is 19.8 Å². The van der Waals surface area contributed by atoms with Crippen molar-refractivity contribution in [3.63, 3.8) is 0 Å². The summed E-state index contributed by atoms with van der Waals surface area (Å²) >= 11 is 0. The van der Waals surface area contributed by atoms with Gasteiger partial charge in [0, 0.05) is 5.56 Å². The van der Waals surface area contributed by atoms with Crippen molar-refractivity contribution in [3.8, 4) is 0 Å². The van der Waals surface area contributed by atoms with Gasteiger partial charge in [-0.25, -0.2) is 9.90 Å². The van der Waals surface area contributed by atoms with E-state index >= 15 is 0 Å². The van der Waals surface area contributed by atoms with Crippen molar-refractivity contribution in [2.75, 3.05) is 19.8 Å². The Morgan fingerprint density at radius 3 is 2.50 bits per heavy atom. The number of nitrogens with zero attached hydrogens (tertiary/aromatic N) is 1. The number of benzene rings is 1. The third kappa shape index (κ3) is 3.84. The Kier molecular flexibility index (Phi) is 5.91. The molecule has 0 bridgehead atoms. The molecule has 1 aromatic carbocycles. The van der Waals surface area contributed by atoms with Crippen LogP contribution in [0.25, 0.3) is 0 Å². The second-order valence-corrected chi connectivity index (χ2v) is 6.64. The lowest BCUT2D eigenvalue weighted by atomic mass is 10.2. The van der Waals surface area contributed by atoms with Crippen LogP contribution in [0.2, 0.25) is 0 Å². The van der Waals surface area contributed by atoms with Gasteiger partial charge in [-0.1, -0.05) is 24.3 Å². The van der Waals surface area contributed by atoms with E-state index in [1.54, 1.807) is 50.3 Å². The van der Waals surface area contributed by atoms with Gasteiger partial charge in [0.25, 0.3) is 5.91 Å². The first-order valence-corrected chi connectivity index (χ1v) is 8.81. The molecule has 1 unspecified atom stereocenters. The first kappa shape index (κ1) is 16.9. The minimum atomic E-state index is -3.47. The molecule has 0 fully saturated rings. The number of carbonyl (C=O) groups excluding carboxylic acids is 1. The van der Waals surface area contributed by atoms with Crippen LogP contribution in [0.15, 0.2) is 42.5 Å². The van der Waals surface area contributed by atoms with Gasteiger partial charge in [-0.3, -0.25) is 9.36 Å². The Balaban J connectivity index is 2.14. The highest BCUT2D eigenvalue weighted by Crippen LogP contribution is 2.54. The molecule has 1 aliphatic heterocycles. The summed E-state index contributed by atoms with van der Waals surface area (Å²) in [6.07, 6.45) is 3.33. The van der Waals surface area contributed by atoms with E-state index in [4.69, 9.17) is 13.9 Å². The molecule has 0 spiro atoms. The third-order valence-electron chi connectivity index (χ3n) is 2.98. The molecule has 0 aliphatic carbocycles. The molecule has 1 aromatic rings. The minimum Gasteiger partial charge on any atom is -0.307 e. The number of carbonyl (C=O) groups is 1. The zero-order valence-electron chi connectivity index (χ0n) is 12.7. The van der Waals surface area contributed by atoms with Crippen molar-refractivity contribution in [2.45, 2.75) is 19.7 Å². The molecule has 1 atom stereocenters. The van der Waals surface area contributed by atoms with Crippen molar-refractivity contribution in [2.24, 2.45) is 0 Å². The van der Waals surface area contributed by atoms with Crippen molar-refractivity contribution in [1.82, 2.24) is 5.06 Å². The molecule has 2 rings (SSSR count). The molecule has 6 nitrogen and oxygen atoms in total. The van der Waals surface area contributed by atoms with Crippen LogP contribution in [-0.4, -0.2) is 36.6 Å². The first-order valence-electron chi connectivity index (χ1n) is 7.20. The van der Waals surface area contributed by atoms with E-state index in [0.717, 1.165) is 0 Å². The smallest absolute Gasteiger partial charge is 0.307 e. The number of hydroxylamine groups is 2. The van der Waals surface area contributed by atoms with E-state index in [1.807, 2.05) is 6.07 Å². The summed E-state index contributed by atoms with van der Waals surface area (Å²) in [4.78, 5) is 17.9. The van der Waals surface area contributed by atoms with Crippen LogP contribution in [0.3, 0.4) is 0 Å². The lowest BCUT2D eigenvalue weighted by Gasteiger charge is -2.31. The Labute approximate surface area is 130 Å². The van der Waals surface area contributed by atoms with Gasteiger partial charge in [0.2, 0.25) is 5.85 Å². The van der Waals surface area contributed by atoms with Crippen LogP contribution in [-0.2, 0) is 18.5 Å². The highest BCUT2D eigenvalue weighted by atomic mass is 31.2. The Bertz CT molecular complexity index is 565. The Morgan fingerprint density at radius 2 is 1.91 bits per heavy atom. The number of amides is 1. The average Bonchev–Trinajstić information content (AvgIpc) is 2.55. The van der Waals surface area contributed by atoms with Crippen LogP contribution in [0.4, 0.5) is 0 Å². The van der Waals surface area contributed by atoms with Gasteiger partial charge in [-0.2, -0.15) is 0 Å². The number of hydrogen-bond acceptors (Lipinski definition) is 5. The molecule has 120 valence electrons. The van der Waals surface area contributed by atoms with Crippen LogP contribution in [0.1, 0.15) is 24.2 Å². The Morgan fingerprint density at radius 1 is 1.27 bits per heavy atom. The maximum atomic E-state index is 12.7. The second-order valence-electron chi connectivity index (χ2n) is 4.53. The van der Waals surface area contributed by atoms with Gasteiger partial charge in [-0.15, -0.1) is 0 Å². The molecule has 7 heteroatoms. The number of rotatable bonds is 6. The fourth-order valence-electron chi connectivity index (χ4n) is 2.04. The van der Waals surface area contributed by atoms with Gasteiger partial charge in [0.1, 0.15) is 0 Å². The maximum absolute atomic E-state index is 12.7. The predicted molar refractivity (Wildman–Crippen MR) is 82.4 cm³/mol. The molecular weight excluding hydrogens is 305 g/mol. The zero-order chi connectivity index (χ0) is 16.0. The molecule has 0 N–H and O–H groups in total. The van der Waals surface area contributed by atoms with Crippen LogP contribution < -0.4 is 0 Å². The topological polar surface area (TPSA) is 65.1 Å². The lowest BCUT2D eigenvalue weighted by Crippen LogP contribution is -2.38. The molecule has 0 aromatic heterocycles. The van der Waals surface area contributed by atoms with E-state index < -0.39 is 13.4 Å². The van der Waals surface area contributed by atoms with Gasteiger partial charge in [0.15, 0.2) is 0 Å². The van der Waals surface area contributed by atoms with Crippen LogP contribution in [0.5, 0.6) is 0 Å². The predicted octanol–water partition coefficient (Wildman–Crippen LogP) is 3.22. The second kappa shape index (κ2) is 7.70. The summed E-state index contributed by atoms with van der Waals surface area (Å²) in [6, 6.07) is 8.77. The summed E-state index contributed by atoms with van der Waals surface area (Å²) in [7, 11) is -3.47. The fourth-order valence-corrected chi connectivity index (χ4v) is 3.69. The maximum Gasteiger partial charge on any atom is 0.365 e. The quantitative estimate of drug-likeness (QED) is 0.593. The van der Waals surface area contributed by atoms with Gasteiger partial charge >= 0.3 is 7.60 Å². The normalized spacial score (nSPS) is 18.5. The highest BCUT2D eigenvalue weighted by Gasteiger charge is 2.39. The molecule has 22 heavy (non-hydrogen) atoms. The van der Waals surface area contributed by atoms with E-state index in [0.29, 0.717) is 5.56 Å². The summed E-state index contributed by atoms with van der Waals surface area (Å²) in [5.41, 5.74) is 0.499. The molecule has 1 aliphatic rings. The van der Waals surface area contributed by atoms with Crippen molar-refractivity contribution < 1.29 is 23.2 Å². The SMILES string of the molecule is CCOP(=O)(OCC)C1C=CCN(C(=O)c2ccccc2)O1. The minimum absolute atomic E-state index is 0.234. The van der Waals surface area contributed by atoms with Crippen LogP contribution in [0, 0.1) is 0 Å². The molecule has 0 radical (unpaired) electrons. The molecule has 1 heterocycles. The standard InChI is InChI=1S/C15H20NO5P/c1-3-19-22(18,20-4-2)14-11-8-12-16(21-14)15(17)13-9-6-5-7-10-13/h5-11,14H,3-4,12H2,1-2H3. The largest absolute Gasteiger partial charge is 0.365 e. The third-order valence-corrected chi connectivity index (χ3v) is 5.11. The van der Waals surface area contributed by atoms with Crippen molar-refractivity contribution in [3.05, 3.63) is 48.0 Å². The van der Waals surface area contributed by atoms with Gasteiger partial charge < -0.3 is 9.05 Å². The van der Waals surface area contributed by atoms with E-state index in [1.165, 1.54) is 5.06 Å². The number of hydrogen-bond donors (Lipinski definition) is 0. The lowest BCUT2D eigenvalue weighted by molar-refractivity contribution is -0.131. The zero-order valence-corrected chi connectivity index (χ0v) is 13.6. The van der Waals surface area contributed by atoms with Crippen molar-refractivity contribution >= 4 is 13.5 Å². The fraction of sp³-hybridized carbons (Fsp3) is 0.400. The highest BCUT2D eigenvalue weighted by molar-refractivity contribution is 7.54. The first-order chi connectivity index (χ1) is 10.6. The van der Waals surface area contributed by atoms with E-state index in [2.05, 4.69) is 0 Å². The Hall–Kier alpha value is -1.46.